The van der Waals surface area contributed by atoms with E-state index in [2.05, 4.69) is 11.9 Å². The van der Waals surface area contributed by atoms with Gasteiger partial charge in [-0.1, -0.05) is 13.0 Å². The smallest absolute Gasteiger partial charge is 0.237 e. The molecule has 0 aliphatic heterocycles. The fourth-order valence-electron chi connectivity index (χ4n) is 0.780. The summed E-state index contributed by atoms with van der Waals surface area (Å²) >= 11 is 0. The van der Waals surface area contributed by atoms with Crippen molar-refractivity contribution in [2.45, 2.75) is 31.9 Å². The maximum absolute atomic E-state index is 11.2. The fourth-order valence-corrected chi connectivity index (χ4v) is 0.780. The first-order chi connectivity index (χ1) is 6.11. The molecule has 2 atom stereocenters. The Morgan fingerprint density at radius 3 is 2.85 bits per heavy atom. The van der Waals surface area contributed by atoms with E-state index >= 15 is 0 Å². The summed E-state index contributed by atoms with van der Waals surface area (Å²) in [6, 6.07) is -0.554. The van der Waals surface area contributed by atoms with Crippen LogP contribution in [0.25, 0.3) is 0 Å². The highest BCUT2D eigenvalue weighted by atomic mass is 16.3. The molecule has 0 rings (SSSR count). The lowest BCUT2D eigenvalue weighted by atomic mass is 10.2. The molecule has 0 saturated carbocycles. The Balaban J connectivity index is 3.67. The van der Waals surface area contributed by atoms with Crippen LogP contribution < -0.4 is 11.1 Å². The van der Waals surface area contributed by atoms with Crippen LogP contribution in [0.2, 0.25) is 0 Å². The van der Waals surface area contributed by atoms with Gasteiger partial charge in [0, 0.05) is 6.54 Å². The first-order valence-corrected chi connectivity index (χ1v) is 4.44. The molecule has 4 heteroatoms. The second-order valence-corrected chi connectivity index (χ2v) is 2.94. The molecule has 0 aliphatic carbocycles. The Labute approximate surface area is 78.8 Å². The molecule has 2 unspecified atom stereocenters. The average Bonchev–Trinajstić information content (AvgIpc) is 2.13. The summed E-state index contributed by atoms with van der Waals surface area (Å²) < 4.78 is 0. The van der Waals surface area contributed by atoms with Gasteiger partial charge in [-0.05, 0) is 12.8 Å². The maximum Gasteiger partial charge on any atom is 0.237 e. The highest BCUT2D eigenvalue weighted by Crippen LogP contribution is 1.90. The minimum Gasteiger partial charge on any atom is -0.391 e. The van der Waals surface area contributed by atoms with Crippen LogP contribution in [0.5, 0.6) is 0 Å². The largest absolute Gasteiger partial charge is 0.391 e. The van der Waals surface area contributed by atoms with Crippen molar-refractivity contribution in [3.05, 3.63) is 12.7 Å². The van der Waals surface area contributed by atoms with Gasteiger partial charge in [0.1, 0.15) is 0 Å². The first kappa shape index (κ1) is 12.1. The van der Waals surface area contributed by atoms with Gasteiger partial charge < -0.3 is 16.2 Å². The molecule has 0 saturated heterocycles. The molecule has 0 bridgehead atoms. The summed E-state index contributed by atoms with van der Waals surface area (Å²) in [5.41, 5.74) is 5.49. The van der Waals surface area contributed by atoms with Gasteiger partial charge in [-0.25, -0.2) is 0 Å². The molecule has 13 heavy (non-hydrogen) atoms. The minimum absolute atomic E-state index is 0.243. The van der Waals surface area contributed by atoms with Gasteiger partial charge in [-0.2, -0.15) is 0 Å². The van der Waals surface area contributed by atoms with Crippen LogP contribution in [-0.4, -0.2) is 29.7 Å². The van der Waals surface area contributed by atoms with Crippen LogP contribution >= 0.6 is 0 Å². The highest BCUT2D eigenvalue weighted by molar-refractivity contribution is 5.81. The van der Waals surface area contributed by atoms with E-state index in [1.54, 1.807) is 6.08 Å². The van der Waals surface area contributed by atoms with Crippen LogP contribution in [0.3, 0.4) is 0 Å². The summed E-state index contributed by atoms with van der Waals surface area (Å²) in [5.74, 6) is -0.243. The number of rotatable bonds is 6. The van der Waals surface area contributed by atoms with Crippen LogP contribution in [0, 0.1) is 0 Å². The van der Waals surface area contributed by atoms with E-state index < -0.39 is 12.1 Å². The minimum atomic E-state index is -0.554. The number of hydrogen-bond donors (Lipinski definition) is 3. The lowest BCUT2D eigenvalue weighted by molar-refractivity contribution is -0.122. The number of aliphatic hydroxyl groups is 1. The van der Waals surface area contributed by atoms with Gasteiger partial charge in [-0.15, -0.1) is 6.58 Å². The molecule has 0 aromatic rings. The lowest BCUT2D eigenvalue weighted by Gasteiger charge is -2.12. The second-order valence-electron chi connectivity index (χ2n) is 2.94. The van der Waals surface area contributed by atoms with E-state index in [4.69, 9.17) is 10.8 Å². The standard InChI is InChI=1S/C9H18N2O2/c1-3-5-8(10)9(13)11-6-7(12)4-2/h3,7-8,12H,1,4-6,10H2,2H3,(H,11,13). The van der Waals surface area contributed by atoms with E-state index in [1.165, 1.54) is 0 Å². The molecule has 0 heterocycles. The van der Waals surface area contributed by atoms with E-state index in [1.807, 2.05) is 6.92 Å². The predicted octanol–water partition coefficient (Wildman–Crippen LogP) is -0.223. The zero-order chi connectivity index (χ0) is 10.3. The van der Waals surface area contributed by atoms with E-state index in [0.717, 1.165) is 0 Å². The monoisotopic (exact) mass is 186 g/mol. The van der Waals surface area contributed by atoms with Crippen molar-refractivity contribution in [3.8, 4) is 0 Å². The van der Waals surface area contributed by atoms with Crippen LogP contribution in [0.1, 0.15) is 19.8 Å². The van der Waals surface area contributed by atoms with Crippen LogP contribution in [-0.2, 0) is 4.79 Å². The SMILES string of the molecule is C=CCC(N)C(=O)NCC(O)CC. The molecule has 76 valence electrons. The summed E-state index contributed by atoms with van der Waals surface area (Å²) in [6.07, 6.45) is 2.19. The van der Waals surface area contributed by atoms with Gasteiger partial charge in [-0.3, -0.25) is 4.79 Å². The zero-order valence-corrected chi connectivity index (χ0v) is 7.99. The van der Waals surface area contributed by atoms with Crippen molar-refractivity contribution in [1.82, 2.24) is 5.32 Å². The Morgan fingerprint density at radius 2 is 2.38 bits per heavy atom. The molecule has 0 fully saturated rings. The molecule has 1 amide bonds. The topological polar surface area (TPSA) is 75.4 Å². The number of nitrogens with two attached hydrogens (primary N) is 1. The summed E-state index contributed by atoms with van der Waals surface area (Å²) in [7, 11) is 0. The van der Waals surface area contributed by atoms with Crippen molar-refractivity contribution in [3.63, 3.8) is 0 Å². The molecule has 4 nitrogen and oxygen atoms in total. The van der Waals surface area contributed by atoms with Crippen molar-refractivity contribution in [2.75, 3.05) is 6.54 Å². The average molecular weight is 186 g/mol. The van der Waals surface area contributed by atoms with E-state index in [9.17, 15) is 4.79 Å². The van der Waals surface area contributed by atoms with Gasteiger partial charge in [0.05, 0.1) is 12.1 Å². The van der Waals surface area contributed by atoms with Crippen molar-refractivity contribution < 1.29 is 9.90 Å². The second kappa shape index (κ2) is 6.62. The quantitative estimate of drug-likeness (QED) is 0.502. The number of hydrogen-bond acceptors (Lipinski definition) is 3. The third-order valence-corrected chi connectivity index (χ3v) is 1.74. The lowest BCUT2D eigenvalue weighted by Crippen LogP contribution is -2.43. The summed E-state index contributed by atoms with van der Waals surface area (Å²) in [6.45, 7) is 5.60. The van der Waals surface area contributed by atoms with Crippen LogP contribution in [0.4, 0.5) is 0 Å². The molecular weight excluding hydrogens is 168 g/mol. The van der Waals surface area contributed by atoms with E-state index in [0.29, 0.717) is 12.8 Å². The molecule has 0 radical (unpaired) electrons. The third-order valence-electron chi connectivity index (χ3n) is 1.74. The summed E-state index contributed by atoms with van der Waals surface area (Å²) in [5, 5.41) is 11.7. The summed E-state index contributed by atoms with van der Waals surface area (Å²) in [4.78, 5) is 11.2. The Morgan fingerprint density at radius 1 is 1.77 bits per heavy atom. The molecule has 0 spiro atoms. The Hall–Kier alpha value is -0.870. The van der Waals surface area contributed by atoms with Crippen molar-refractivity contribution in [1.29, 1.82) is 0 Å². The van der Waals surface area contributed by atoms with E-state index in [-0.39, 0.29) is 12.5 Å². The first-order valence-electron chi connectivity index (χ1n) is 4.44. The van der Waals surface area contributed by atoms with Gasteiger partial charge >= 0.3 is 0 Å². The number of aliphatic hydroxyl groups excluding tert-OH is 1. The maximum atomic E-state index is 11.2. The van der Waals surface area contributed by atoms with Crippen LogP contribution in [0.15, 0.2) is 12.7 Å². The Bertz CT molecular complexity index is 171. The molecule has 0 aliphatic rings. The van der Waals surface area contributed by atoms with Crippen molar-refractivity contribution in [2.24, 2.45) is 5.73 Å². The molecular formula is C9H18N2O2. The molecule has 4 N–H and O–H groups in total. The van der Waals surface area contributed by atoms with Gasteiger partial charge in [0.2, 0.25) is 5.91 Å². The molecule has 0 aromatic heterocycles. The molecule has 0 aromatic carbocycles. The zero-order valence-electron chi connectivity index (χ0n) is 7.99. The normalized spacial score (nSPS) is 14.7. The van der Waals surface area contributed by atoms with Crippen molar-refractivity contribution >= 4 is 5.91 Å². The Kier molecular flexibility index (Phi) is 6.18. The highest BCUT2D eigenvalue weighted by Gasteiger charge is 2.11. The number of carbonyl (C=O) groups is 1. The fraction of sp³-hybridized carbons (Fsp3) is 0.667. The van der Waals surface area contributed by atoms with Gasteiger partial charge in [0.25, 0.3) is 0 Å². The van der Waals surface area contributed by atoms with Gasteiger partial charge in [0.15, 0.2) is 0 Å². The number of nitrogens with one attached hydrogen (secondary N) is 1. The number of amides is 1. The predicted molar refractivity (Wildman–Crippen MR) is 52.1 cm³/mol. The number of carbonyl (C=O) groups excluding carboxylic acids is 1. The third kappa shape index (κ3) is 5.38.